The predicted molar refractivity (Wildman–Crippen MR) is 167 cm³/mol. The zero-order valence-corrected chi connectivity index (χ0v) is 25.5. The third-order valence-corrected chi connectivity index (χ3v) is 7.16. The summed E-state index contributed by atoms with van der Waals surface area (Å²) in [5.74, 6) is -0.209. The van der Waals surface area contributed by atoms with Crippen molar-refractivity contribution in [2.24, 2.45) is 0 Å². The summed E-state index contributed by atoms with van der Waals surface area (Å²) in [6, 6.07) is 20.7. The van der Waals surface area contributed by atoms with Crippen molar-refractivity contribution in [2.75, 3.05) is 25.0 Å². The monoisotopic (exact) mass is 618 g/mol. The molecule has 1 fully saturated rings. The number of hydrogen-bond donors (Lipinski definition) is 2. The van der Waals surface area contributed by atoms with Crippen LogP contribution in [0.4, 0.5) is 21.0 Å². The number of hydrogen-bond acceptors (Lipinski definition) is 8. The smallest absolute Gasteiger partial charge is 0.415 e. The van der Waals surface area contributed by atoms with Gasteiger partial charge in [0, 0.05) is 30.9 Å². The zero-order chi connectivity index (χ0) is 32.6. The Labute approximate surface area is 261 Å². The topological polar surface area (TPSA) is 152 Å². The summed E-state index contributed by atoms with van der Waals surface area (Å²) in [4.78, 5) is 52.0. The Kier molecular flexibility index (Phi) is 10.7. The number of nitro groups is 1. The van der Waals surface area contributed by atoms with E-state index in [0.717, 1.165) is 5.56 Å². The highest BCUT2D eigenvalue weighted by atomic mass is 16.6. The van der Waals surface area contributed by atoms with Crippen LogP contribution < -0.4 is 10.1 Å². The quantitative estimate of drug-likeness (QED) is 0.217. The fourth-order valence-corrected chi connectivity index (χ4v) is 4.87. The van der Waals surface area contributed by atoms with Gasteiger partial charge < -0.3 is 24.8 Å². The van der Waals surface area contributed by atoms with Crippen LogP contribution in [0.5, 0.6) is 5.75 Å². The second-order valence-electron chi connectivity index (χ2n) is 11.8. The molecule has 0 spiro atoms. The first kappa shape index (κ1) is 32.9. The summed E-state index contributed by atoms with van der Waals surface area (Å²) in [6.07, 6.45) is -0.523. The Morgan fingerprint density at radius 2 is 1.71 bits per heavy atom. The molecule has 1 saturated heterocycles. The summed E-state index contributed by atoms with van der Waals surface area (Å²) < 4.78 is 10.9. The van der Waals surface area contributed by atoms with Crippen molar-refractivity contribution in [3.8, 4) is 5.75 Å². The van der Waals surface area contributed by atoms with Crippen molar-refractivity contribution >= 4 is 29.5 Å². The van der Waals surface area contributed by atoms with Gasteiger partial charge in [0.05, 0.1) is 17.6 Å². The Morgan fingerprint density at radius 3 is 2.33 bits per heavy atom. The van der Waals surface area contributed by atoms with Gasteiger partial charge in [-0.1, -0.05) is 42.5 Å². The van der Waals surface area contributed by atoms with Gasteiger partial charge in [-0.25, -0.2) is 9.59 Å². The van der Waals surface area contributed by atoms with Crippen LogP contribution in [0.2, 0.25) is 0 Å². The number of amides is 3. The fourth-order valence-electron chi connectivity index (χ4n) is 4.87. The number of anilines is 1. The van der Waals surface area contributed by atoms with Crippen molar-refractivity contribution < 1.29 is 33.9 Å². The highest BCUT2D eigenvalue weighted by Crippen LogP contribution is 2.24. The van der Waals surface area contributed by atoms with Crippen molar-refractivity contribution in [1.82, 2.24) is 9.80 Å². The number of carbonyl (C=O) groups excluding carboxylic acids is 3. The van der Waals surface area contributed by atoms with E-state index in [1.807, 2.05) is 30.3 Å². The summed E-state index contributed by atoms with van der Waals surface area (Å²) in [5.41, 5.74) is 1.34. The Balaban J connectivity index is 1.33. The lowest BCUT2D eigenvalue weighted by atomic mass is 10.1. The van der Waals surface area contributed by atoms with Gasteiger partial charge in [-0.3, -0.25) is 19.8 Å². The average Bonchev–Trinajstić information content (AvgIpc) is 3.50. The van der Waals surface area contributed by atoms with Gasteiger partial charge in [-0.15, -0.1) is 0 Å². The SMILES string of the molecule is CC(C)(C)OC(=O)N(CCc1ccc(NC(=O)C2CCCN2C(=O)Oc2ccc([N+](=O)[O-])cc2)cc1)CC(O)c1ccccc1. The number of ether oxygens (including phenoxy) is 2. The molecule has 3 amide bonds. The summed E-state index contributed by atoms with van der Waals surface area (Å²) >= 11 is 0. The third-order valence-electron chi connectivity index (χ3n) is 7.16. The van der Waals surface area contributed by atoms with E-state index in [9.17, 15) is 29.6 Å². The number of non-ortho nitro benzene ring substituents is 1. The number of benzene rings is 3. The van der Waals surface area contributed by atoms with Gasteiger partial charge >= 0.3 is 12.2 Å². The van der Waals surface area contributed by atoms with E-state index in [-0.39, 0.29) is 23.9 Å². The van der Waals surface area contributed by atoms with Crippen LogP contribution in [0.1, 0.15) is 50.8 Å². The number of rotatable bonds is 10. The van der Waals surface area contributed by atoms with E-state index >= 15 is 0 Å². The lowest BCUT2D eigenvalue weighted by Crippen LogP contribution is -2.44. The maximum absolute atomic E-state index is 13.1. The summed E-state index contributed by atoms with van der Waals surface area (Å²) in [5, 5.41) is 24.5. The van der Waals surface area contributed by atoms with E-state index in [0.29, 0.717) is 43.6 Å². The predicted octanol–water partition coefficient (Wildman–Crippen LogP) is 5.71. The first-order valence-corrected chi connectivity index (χ1v) is 14.7. The van der Waals surface area contributed by atoms with E-state index in [1.54, 1.807) is 45.0 Å². The van der Waals surface area contributed by atoms with Crippen LogP contribution in [0.15, 0.2) is 78.9 Å². The number of nitro benzene ring substituents is 1. The van der Waals surface area contributed by atoms with Crippen molar-refractivity contribution in [3.05, 3.63) is 100 Å². The van der Waals surface area contributed by atoms with Crippen LogP contribution in [-0.2, 0) is 16.0 Å². The highest BCUT2D eigenvalue weighted by molar-refractivity contribution is 5.97. The van der Waals surface area contributed by atoms with Gasteiger partial charge in [0.1, 0.15) is 17.4 Å². The number of aliphatic hydroxyl groups is 1. The first-order chi connectivity index (χ1) is 21.4. The Hall–Kier alpha value is -4.97. The molecule has 2 N–H and O–H groups in total. The molecule has 1 heterocycles. The van der Waals surface area contributed by atoms with Crippen LogP contribution in [0, 0.1) is 10.1 Å². The third kappa shape index (κ3) is 9.51. The minimum atomic E-state index is -0.877. The molecule has 12 nitrogen and oxygen atoms in total. The normalized spacial score (nSPS) is 15.2. The number of nitrogens with zero attached hydrogens (tertiary/aromatic N) is 3. The summed E-state index contributed by atoms with van der Waals surface area (Å²) in [6.45, 7) is 6.08. The van der Waals surface area contributed by atoms with Crippen LogP contribution in [0.25, 0.3) is 0 Å². The Bertz CT molecular complexity index is 1470. The molecule has 0 bridgehead atoms. The first-order valence-electron chi connectivity index (χ1n) is 14.7. The molecule has 0 saturated carbocycles. The van der Waals surface area contributed by atoms with Crippen molar-refractivity contribution in [2.45, 2.75) is 57.8 Å². The molecule has 238 valence electrons. The lowest BCUT2D eigenvalue weighted by Gasteiger charge is -2.29. The van der Waals surface area contributed by atoms with Crippen molar-refractivity contribution in [1.29, 1.82) is 0 Å². The molecule has 3 aromatic rings. The molecule has 45 heavy (non-hydrogen) atoms. The maximum Gasteiger partial charge on any atom is 0.415 e. The molecule has 1 aliphatic rings. The van der Waals surface area contributed by atoms with E-state index in [1.165, 1.54) is 34.1 Å². The second kappa shape index (κ2) is 14.7. The molecule has 12 heteroatoms. The van der Waals surface area contributed by atoms with Gasteiger partial charge in [0.15, 0.2) is 0 Å². The van der Waals surface area contributed by atoms with Crippen molar-refractivity contribution in [3.63, 3.8) is 0 Å². The summed E-state index contributed by atoms with van der Waals surface area (Å²) in [7, 11) is 0. The standard InChI is InChI=1S/C33H38N4O8/c1-33(2,3)45-31(40)35(22-29(38)24-8-5-4-6-9-24)21-19-23-11-13-25(14-12-23)34-30(39)28-10-7-20-36(28)32(41)44-27-17-15-26(16-18-27)37(42)43/h4-6,8-9,11-18,28-29,38H,7,10,19-22H2,1-3H3,(H,34,39). The Morgan fingerprint density at radius 1 is 1.04 bits per heavy atom. The zero-order valence-electron chi connectivity index (χ0n) is 25.5. The van der Waals surface area contributed by atoms with E-state index in [2.05, 4.69) is 5.32 Å². The molecule has 0 aromatic heterocycles. The minimum Gasteiger partial charge on any atom is -0.444 e. The van der Waals surface area contributed by atoms with Gasteiger partial charge in [-0.05, 0) is 75.4 Å². The maximum atomic E-state index is 13.1. The largest absolute Gasteiger partial charge is 0.444 e. The van der Waals surface area contributed by atoms with E-state index < -0.39 is 34.9 Å². The lowest BCUT2D eigenvalue weighted by molar-refractivity contribution is -0.384. The van der Waals surface area contributed by atoms with Gasteiger partial charge in [-0.2, -0.15) is 0 Å². The average molecular weight is 619 g/mol. The molecular weight excluding hydrogens is 580 g/mol. The molecule has 4 rings (SSSR count). The van der Waals surface area contributed by atoms with Crippen LogP contribution in [-0.4, -0.2) is 69.2 Å². The molecular formula is C33H38N4O8. The van der Waals surface area contributed by atoms with E-state index in [4.69, 9.17) is 9.47 Å². The number of nitrogens with one attached hydrogen (secondary N) is 1. The molecule has 1 aliphatic heterocycles. The molecule has 2 unspecified atom stereocenters. The number of likely N-dealkylation sites (tertiary alicyclic amines) is 1. The van der Waals surface area contributed by atoms with Gasteiger partial charge in [0.2, 0.25) is 5.91 Å². The number of carbonyl (C=O) groups is 3. The molecule has 3 aromatic carbocycles. The molecule has 0 aliphatic carbocycles. The van der Waals surface area contributed by atoms with Crippen LogP contribution in [0.3, 0.4) is 0 Å². The number of aliphatic hydroxyl groups excluding tert-OH is 1. The fraction of sp³-hybridized carbons (Fsp3) is 0.364. The van der Waals surface area contributed by atoms with Crippen LogP contribution >= 0.6 is 0 Å². The minimum absolute atomic E-state index is 0.0670. The molecule has 0 radical (unpaired) electrons. The molecule has 2 atom stereocenters. The highest BCUT2D eigenvalue weighted by Gasteiger charge is 2.35. The van der Waals surface area contributed by atoms with Gasteiger partial charge in [0.25, 0.3) is 5.69 Å². The second-order valence-corrected chi connectivity index (χ2v) is 11.8.